The van der Waals surface area contributed by atoms with Gasteiger partial charge >= 0.3 is 0 Å². The van der Waals surface area contributed by atoms with E-state index in [2.05, 4.69) is 19.2 Å². The number of ether oxygens (including phenoxy) is 2. The molecule has 0 spiro atoms. The Balaban J connectivity index is 2.06. The second-order valence-electron chi connectivity index (χ2n) is 27.2. The van der Waals surface area contributed by atoms with E-state index >= 15 is 0 Å². The highest BCUT2D eigenvalue weighted by Crippen LogP contribution is 2.24. The van der Waals surface area contributed by atoms with Crippen molar-refractivity contribution in [3.05, 3.63) is 0 Å². The van der Waals surface area contributed by atoms with Crippen LogP contribution < -0.4 is 5.32 Å². The van der Waals surface area contributed by atoms with Crippen molar-refractivity contribution in [2.75, 3.05) is 13.2 Å². The summed E-state index contributed by atoms with van der Waals surface area (Å²) in [7, 11) is 0. The summed E-state index contributed by atoms with van der Waals surface area (Å²) < 4.78 is 11.4. The molecular weight excluding hydrogens is 1040 g/mol. The first-order chi connectivity index (χ1) is 41.3. The fourth-order valence-electron chi connectivity index (χ4n) is 13.0. The zero-order valence-corrected chi connectivity index (χ0v) is 56.5. The molecule has 9 nitrogen and oxygen atoms in total. The summed E-state index contributed by atoms with van der Waals surface area (Å²) >= 11 is 0. The van der Waals surface area contributed by atoms with E-state index in [1.807, 2.05) is 0 Å². The van der Waals surface area contributed by atoms with Gasteiger partial charge in [0.25, 0.3) is 0 Å². The minimum atomic E-state index is -1.55. The van der Waals surface area contributed by atoms with Crippen LogP contribution >= 0.6 is 0 Å². The van der Waals surface area contributed by atoms with Crippen LogP contribution in [0.5, 0.6) is 0 Å². The van der Waals surface area contributed by atoms with Crippen LogP contribution in [-0.2, 0) is 14.3 Å². The lowest BCUT2D eigenvalue weighted by Crippen LogP contribution is -2.60. The van der Waals surface area contributed by atoms with Gasteiger partial charge in [0.1, 0.15) is 24.4 Å². The molecule has 1 heterocycles. The summed E-state index contributed by atoms with van der Waals surface area (Å²) in [5.41, 5.74) is 0. The second kappa shape index (κ2) is 65.2. The van der Waals surface area contributed by atoms with Crippen LogP contribution in [0.1, 0.15) is 418 Å². The molecule has 0 radical (unpaired) electrons. The van der Waals surface area contributed by atoms with Gasteiger partial charge in [-0.3, -0.25) is 4.79 Å². The SMILES string of the molecule is CCCCCCCCCCCCCCCCCCCCCCCCCCCCCCCCCC(=O)NC(COC1OC(CO)C(O)C(O)C1O)C(O)CCCCCCCCCCCCCCCCCCCCCCCCCCCCCCCC. The number of nitrogens with one attached hydrogen (secondary N) is 1. The Morgan fingerprint density at radius 3 is 0.845 bits per heavy atom. The average molecular weight is 1190 g/mol. The molecule has 7 atom stereocenters. The van der Waals surface area contributed by atoms with Crippen molar-refractivity contribution in [1.29, 1.82) is 0 Å². The van der Waals surface area contributed by atoms with E-state index in [0.717, 1.165) is 38.5 Å². The van der Waals surface area contributed by atoms with Gasteiger partial charge in [-0.2, -0.15) is 0 Å². The predicted molar refractivity (Wildman–Crippen MR) is 360 cm³/mol. The molecule has 0 bridgehead atoms. The molecule has 1 aliphatic rings. The van der Waals surface area contributed by atoms with E-state index in [1.54, 1.807) is 0 Å². The van der Waals surface area contributed by atoms with Crippen molar-refractivity contribution >= 4 is 5.91 Å². The molecule has 502 valence electrons. The van der Waals surface area contributed by atoms with E-state index in [1.165, 1.54) is 353 Å². The summed E-state index contributed by atoms with van der Waals surface area (Å²) in [4.78, 5) is 13.2. The lowest BCUT2D eigenvalue weighted by atomic mass is 9.99. The summed E-state index contributed by atoms with van der Waals surface area (Å²) in [6, 6.07) is -0.716. The molecule has 0 aromatic carbocycles. The molecule has 1 rings (SSSR count). The summed E-state index contributed by atoms with van der Waals surface area (Å²) in [5, 5.41) is 55.0. The highest BCUT2D eigenvalue weighted by molar-refractivity contribution is 5.76. The number of hydrogen-bond donors (Lipinski definition) is 6. The number of aliphatic hydroxyl groups is 5. The van der Waals surface area contributed by atoms with Crippen LogP contribution in [0.3, 0.4) is 0 Å². The first kappa shape index (κ1) is 81.2. The number of amides is 1. The smallest absolute Gasteiger partial charge is 0.220 e. The van der Waals surface area contributed by atoms with Crippen molar-refractivity contribution < 1.29 is 39.8 Å². The monoisotopic (exact) mass is 1190 g/mol. The predicted octanol–water partition coefficient (Wildman–Crippen LogP) is 21.3. The van der Waals surface area contributed by atoms with Crippen LogP contribution in [0.25, 0.3) is 0 Å². The summed E-state index contributed by atoms with van der Waals surface area (Å²) in [6.45, 7) is 3.92. The quantitative estimate of drug-likeness (QED) is 0.0330. The highest BCUT2D eigenvalue weighted by Gasteiger charge is 2.44. The number of hydrogen-bond acceptors (Lipinski definition) is 8. The first-order valence-electron chi connectivity index (χ1n) is 38.2. The Morgan fingerprint density at radius 1 is 0.357 bits per heavy atom. The van der Waals surface area contributed by atoms with Gasteiger partial charge in [-0.15, -0.1) is 0 Å². The zero-order chi connectivity index (χ0) is 60.7. The number of unbranched alkanes of at least 4 members (excludes halogenated alkanes) is 59. The van der Waals surface area contributed by atoms with E-state index in [0.29, 0.717) is 12.8 Å². The van der Waals surface area contributed by atoms with Crippen LogP contribution in [-0.4, -0.2) is 87.5 Å². The van der Waals surface area contributed by atoms with E-state index in [9.17, 15) is 30.3 Å². The van der Waals surface area contributed by atoms with Crippen molar-refractivity contribution in [1.82, 2.24) is 5.32 Å². The van der Waals surface area contributed by atoms with Gasteiger partial charge < -0.3 is 40.3 Å². The maximum atomic E-state index is 13.2. The molecule has 1 aliphatic heterocycles. The number of carbonyl (C=O) groups excluding carboxylic acids is 1. The molecule has 0 saturated carbocycles. The molecule has 1 amide bonds. The maximum absolute atomic E-state index is 13.2. The largest absolute Gasteiger partial charge is 0.394 e. The standard InChI is InChI=1S/C75H149NO8/c1-3-5-7-9-11-13-15-17-19-21-23-25-27-29-31-33-35-37-39-41-43-45-47-49-51-53-55-57-59-61-63-65-71(79)76-68(67-83-75-74(82)73(81)72(80)70(66-77)84-75)69(78)64-62-60-58-56-54-52-50-48-46-44-42-40-38-36-34-32-30-28-26-24-22-20-18-16-14-12-10-8-6-4-2/h68-70,72-75,77-78,80-82H,3-67H2,1-2H3,(H,76,79). The molecule has 0 aliphatic carbocycles. The van der Waals surface area contributed by atoms with Crippen molar-refractivity contribution in [2.45, 2.75) is 461 Å². The number of rotatable bonds is 69. The Hall–Kier alpha value is -0.810. The van der Waals surface area contributed by atoms with Gasteiger partial charge in [-0.25, -0.2) is 0 Å². The van der Waals surface area contributed by atoms with Gasteiger partial charge in [0.15, 0.2) is 6.29 Å². The molecule has 7 unspecified atom stereocenters. The third-order valence-corrected chi connectivity index (χ3v) is 19.0. The zero-order valence-electron chi connectivity index (χ0n) is 56.5. The Bertz CT molecular complexity index is 1290. The fourth-order valence-corrected chi connectivity index (χ4v) is 13.0. The van der Waals surface area contributed by atoms with Gasteiger partial charge in [-0.05, 0) is 12.8 Å². The van der Waals surface area contributed by atoms with E-state index in [4.69, 9.17) is 9.47 Å². The Kier molecular flexibility index (Phi) is 63.0. The molecular formula is C75H149NO8. The number of carbonyl (C=O) groups is 1. The Labute approximate surface area is 523 Å². The van der Waals surface area contributed by atoms with Crippen molar-refractivity contribution in [3.8, 4) is 0 Å². The highest BCUT2D eigenvalue weighted by atomic mass is 16.7. The van der Waals surface area contributed by atoms with Crippen LogP contribution in [0.15, 0.2) is 0 Å². The molecule has 6 N–H and O–H groups in total. The van der Waals surface area contributed by atoms with Gasteiger partial charge in [0.2, 0.25) is 5.91 Å². The minimum absolute atomic E-state index is 0.130. The molecule has 1 saturated heterocycles. The van der Waals surface area contributed by atoms with Gasteiger partial charge in [-0.1, -0.05) is 399 Å². The minimum Gasteiger partial charge on any atom is -0.394 e. The lowest BCUT2D eigenvalue weighted by molar-refractivity contribution is -0.302. The summed E-state index contributed by atoms with van der Waals surface area (Å²) in [6.07, 6.45) is 76.3. The maximum Gasteiger partial charge on any atom is 0.220 e. The van der Waals surface area contributed by atoms with Crippen LogP contribution in [0.2, 0.25) is 0 Å². The summed E-state index contributed by atoms with van der Waals surface area (Å²) in [5.74, 6) is -0.132. The van der Waals surface area contributed by atoms with Gasteiger partial charge in [0, 0.05) is 6.42 Å². The number of aliphatic hydroxyl groups excluding tert-OH is 5. The van der Waals surface area contributed by atoms with Crippen LogP contribution in [0.4, 0.5) is 0 Å². The fraction of sp³-hybridized carbons (Fsp3) is 0.987. The topological polar surface area (TPSA) is 149 Å². The van der Waals surface area contributed by atoms with Crippen molar-refractivity contribution in [3.63, 3.8) is 0 Å². The third-order valence-electron chi connectivity index (χ3n) is 19.0. The molecule has 84 heavy (non-hydrogen) atoms. The molecule has 0 aromatic rings. The first-order valence-corrected chi connectivity index (χ1v) is 38.2. The lowest BCUT2D eigenvalue weighted by Gasteiger charge is -2.40. The van der Waals surface area contributed by atoms with Crippen LogP contribution in [0, 0.1) is 0 Å². The molecule has 9 heteroatoms. The van der Waals surface area contributed by atoms with Gasteiger partial charge in [0.05, 0.1) is 25.4 Å². The molecule has 0 aromatic heterocycles. The third kappa shape index (κ3) is 53.1. The second-order valence-corrected chi connectivity index (χ2v) is 27.2. The van der Waals surface area contributed by atoms with E-state index < -0.39 is 49.5 Å². The normalized spacial score (nSPS) is 18.0. The van der Waals surface area contributed by atoms with Crippen molar-refractivity contribution in [2.24, 2.45) is 0 Å². The Morgan fingerprint density at radius 2 is 0.595 bits per heavy atom. The molecule has 1 fully saturated rings. The average Bonchev–Trinajstić information content (AvgIpc) is 3.70. The van der Waals surface area contributed by atoms with E-state index in [-0.39, 0.29) is 12.5 Å².